The third-order valence-corrected chi connectivity index (χ3v) is 3.63. The average molecular weight is 347 g/mol. The fourth-order valence-corrected chi connectivity index (χ4v) is 2.27. The summed E-state index contributed by atoms with van der Waals surface area (Å²) < 4.78 is 5.56. The fraction of sp³-hybridized carbons (Fsp3) is 0.312. The zero-order chi connectivity index (χ0) is 17.5. The summed E-state index contributed by atoms with van der Waals surface area (Å²) in [5, 5.41) is 0.433. The summed E-state index contributed by atoms with van der Waals surface area (Å²) in [7, 11) is 0. The molecule has 0 spiro atoms. The molecule has 2 aromatic rings. The lowest BCUT2D eigenvalue weighted by Gasteiger charge is -2.26. The first kappa shape index (κ1) is 16.3. The van der Waals surface area contributed by atoms with Gasteiger partial charge >= 0.3 is 5.97 Å². The number of fused-ring (bicyclic) bond motifs is 1. The van der Waals surface area contributed by atoms with Gasteiger partial charge in [0.2, 0.25) is 6.23 Å². The molecule has 0 fully saturated rings. The number of carbonyl (C=O) groups is 2. The van der Waals surface area contributed by atoms with Crippen LogP contribution in [0.25, 0.3) is 0 Å². The Labute approximate surface area is 143 Å². The number of anilines is 1. The van der Waals surface area contributed by atoms with Gasteiger partial charge in [-0.05, 0) is 32.9 Å². The van der Waals surface area contributed by atoms with Crippen LogP contribution in [-0.2, 0) is 9.53 Å². The first-order valence-electron chi connectivity index (χ1n) is 7.26. The van der Waals surface area contributed by atoms with Gasteiger partial charge in [-0.25, -0.2) is 14.9 Å². The van der Waals surface area contributed by atoms with Crippen LogP contribution in [0.4, 0.5) is 5.82 Å². The molecule has 0 saturated heterocycles. The van der Waals surface area contributed by atoms with Crippen molar-refractivity contribution in [3.05, 3.63) is 47.1 Å². The normalized spacial score (nSPS) is 16.9. The van der Waals surface area contributed by atoms with Gasteiger partial charge in [0, 0.05) is 18.6 Å². The van der Waals surface area contributed by atoms with Crippen LogP contribution in [-0.4, -0.2) is 26.8 Å². The van der Waals surface area contributed by atoms with Crippen molar-refractivity contribution in [3.8, 4) is 0 Å². The summed E-state index contributed by atoms with van der Waals surface area (Å²) in [5.41, 5.74) is -0.301. The molecular weight excluding hydrogens is 332 g/mol. The standard InChI is InChI=1S/C16H15ClN4O3/c1-16(2,3)15(23)24-14-12-11(18-6-7-19-12)13(22)21(14)10-5-4-9(17)8-20-10/h4-8,14H,1-3H3/t14-/m0/s1. The van der Waals surface area contributed by atoms with Gasteiger partial charge in [-0.2, -0.15) is 0 Å². The second kappa shape index (κ2) is 5.83. The second-order valence-electron chi connectivity index (χ2n) is 6.31. The number of pyridine rings is 1. The zero-order valence-electron chi connectivity index (χ0n) is 13.4. The first-order chi connectivity index (χ1) is 11.3. The quantitative estimate of drug-likeness (QED) is 0.777. The lowest BCUT2D eigenvalue weighted by molar-refractivity contribution is -0.158. The third-order valence-electron chi connectivity index (χ3n) is 3.41. The van der Waals surface area contributed by atoms with Crippen LogP contribution in [0.3, 0.4) is 0 Å². The summed E-state index contributed by atoms with van der Waals surface area (Å²) in [6.07, 6.45) is 3.26. The highest BCUT2D eigenvalue weighted by molar-refractivity contribution is 6.30. The number of nitrogens with zero attached hydrogens (tertiary/aromatic N) is 4. The predicted octanol–water partition coefficient (Wildman–Crippen LogP) is 2.77. The Kier molecular flexibility index (Phi) is 3.96. The van der Waals surface area contributed by atoms with Crippen LogP contribution in [0.1, 0.15) is 43.2 Å². The molecule has 0 saturated carbocycles. The van der Waals surface area contributed by atoms with Crippen molar-refractivity contribution in [1.29, 1.82) is 0 Å². The summed E-state index contributed by atoms with van der Waals surface area (Å²) in [6.45, 7) is 5.19. The Morgan fingerprint density at radius 2 is 1.92 bits per heavy atom. The number of aromatic nitrogens is 3. The van der Waals surface area contributed by atoms with Crippen molar-refractivity contribution in [1.82, 2.24) is 15.0 Å². The molecule has 2 aromatic heterocycles. The molecule has 1 atom stereocenters. The smallest absolute Gasteiger partial charge is 0.313 e. The molecule has 7 nitrogen and oxygen atoms in total. The van der Waals surface area contributed by atoms with Gasteiger partial charge in [-0.3, -0.25) is 14.6 Å². The van der Waals surface area contributed by atoms with Gasteiger partial charge < -0.3 is 4.74 Å². The van der Waals surface area contributed by atoms with Crippen molar-refractivity contribution >= 4 is 29.3 Å². The fourth-order valence-electron chi connectivity index (χ4n) is 2.16. The second-order valence-corrected chi connectivity index (χ2v) is 6.74. The number of hydrogen-bond donors (Lipinski definition) is 0. The topological polar surface area (TPSA) is 85.3 Å². The van der Waals surface area contributed by atoms with Gasteiger partial charge in [0.25, 0.3) is 5.91 Å². The van der Waals surface area contributed by atoms with Crippen molar-refractivity contribution < 1.29 is 14.3 Å². The Hall–Kier alpha value is -2.54. The van der Waals surface area contributed by atoms with E-state index < -0.39 is 23.5 Å². The number of esters is 1. The molecular formula is C16H15ClN4O3. The van der Waals surface area contributed by atoms with Gasteiger partial charge in [-0.1, -0.05) is 11.6 Å². The zero-order valence-corrected chi connectivity index (χ0v) is 14.1. The van der Waals surface area contributed by atoms with Gasteiger partial charge in [0.15, 0.2) is 5.69 Å². The molecule has 0 aliphatic carbocycles. The number of halogens is 1. The minimum Gasteiger partial charge on any atom is -0.434 e. The summed E-state index contributed by atoms with van der Waals surface area (Å²) in [4.78, 5) is 38.6. The van der Waals surface area contributed by atoms with E-state index in [-0.39, 0.29) is 11.4 Å². The lowest BCUT2D eigenvalue weighted by atomic mass is 9.97. The van der Waals surface area contributed by atoms with Crippen LogP contribution in [0.2, 0.25) is 5.02 Å². The van der Waals surface area contributed by atoms with E-state index in [0.717, 1.165) is 0 Å². The van der Waals surface area contributed by atoms with E-state index in [9.17, 15) is 9.59 Å². The van der Waals surface area contributed by atoms with E-state index in [2.05, 4.69) is 15.0 Å². The van der Waals surface area contributed by atoms with Crippen LogP contribution < -0.4 is 4.90 Å². The molecule has 0 aromatic carbocycles. The highest BCUT2D eigenvalue weighted by atomic mass is 35.5. The summed E-state index contributed by atoms with van der Waals surface area (Å²) in [5.74, 6) is -0.590. The molecule has 0 N–H and O–H groups in total. The molecule has 0 bridgehead atoms. The molecule has 3 heterocycles. The number of hydrogen-bond acceptors (Lipinski definition) is 6. The summed E-state index contributed by atoms with van der Waals surface area (Å²) in [6, 6.07) is 3.17. The molecule has 1 amide bonds. The molecule has 1 aliphatic rings. The van der Waals surface area contributed by atoms with E-state index in [0.29, 0.717) is 10.8 Å². The minimum atomic E-state index is -1.01. The minimum absolute atomic E-state index is 0.140. The lowest BCUT2D eigenvalue weighted by Crippen LogP contribution is -2.34. The van der Waals surface area contributed by atoms with Gasteiger partial charge in [0.05, 0.1) is 10.4 Å². The number of amides is 1. The van der Waals surface area contributed by atoms with E-state index in [1.54, 1.807) is 32.9 Å². The first-order valence-corrected chi connectivity index (χ1v) is 7.64. The van der Waals surface area contributed by atoms with E-state index >= 15 is 0 Å². The van der Waals surface area contributed by atoms with Gasteiger partial charge in [0.1, 0.15) is 11.5 Å². The largest absolute Gasteiger partial charge is 0.434 e. The van der Waals surface area contributed by atoms with Gasteiger partial charge in [-0.15, -0.1) is 0 Å². The molecule has 0 unspecified atom stereocenters. The third kappa shape index (κ3) is 2.82. The number of rotatable bonds is 2. The van der Waals surface area contributed by atoms with Crippen LogP contribution in [0.15, 0.2) is 30.7 Å². The predicted molar refractivity (Wildman–Crippen MR) is 86.4 cm³/mol. The molecule has 8 heteroatoms. The maximum atomic E-state index is 12.7. The molecule has 0 radical (unpaired) electrons. The SMILES string of the molecule is CC(C)(C)C(=O)O[C@H]1c2nccnc2C(=O)N1c1ccc(Cl)cn1. The maximum Gasteiger partial charge on any atom is 0.313 e. The van der Waals surface area contributed by atoms with Crippen LogP contribution >= 0.6 is 11.6 Å². The van der Waals surface area contributed by atoms with Crippen molar-refractivity contribution in [3.63, 3.8) is 0 Å². The Morgan fingerprint density at radius 3 is 2.54 bits per heavy atom. The van der Waals surface area contributed by atoms with Crippen molar-refractivity contribution in [2.24, 2.45) is 5.41 Å². The number of ether oxygens (including phenoxy) is 1. The van der Waals surface area contributed by atoms with E-state index in [1.807, 2.05) is 0 Å². The Morgan fingerprint density at radius 1 is 1.21 bits per heavy atom. The van der Waals surface area contributed by atoms with Crippen molar-refractivity contribution in [2.45, 2.75) is 27.0 Å². The van der Waals surface area contributed by atoms with Crippen molar-refractivity contribution in [2.75, 3.05) is 4.90 Å². The maximum absolute atomic E-state index is 12.7. The summed E-state index contributed by atoms with van der Waals surface area (Å²) >= 11 is 5.85. The molecule has 3 rings (SSSR count). The van der Waals surface area contributed by atoms with E-state index in [1.165, 1.54) is 23.5 Å². The average Bonchev–Trinajstić information content (AvgIpc) is 2.81. The molecule has 24 heavy (non-hydrogen) atoms. The molecule has 1 aliphatic heterocycles. The monoisotopic (exact) mass is 346 g/mol. The van der Waals surface area contributed by atoms with Crippen LogP contribution in [0, 0.1) is 5.41 Å². The Balaban J connectivity index is 2.04. The van der Waals surface area contributed by atoms with E-state index in [4.69, 9.17) is 16.3 Å². The molecule has 124 valence electrons. The Bertz CT molecular complexity index is 802. The number of carbonyl (C=O) groups excluding carboxylic acids is 2. The van der Waals surface area contributed by atoms with Crippen LogP contribution in [0.5, 0.6) is 0 Å². The highest BCUT2D eigenvalue weighted by Gasteiger charge is 2.44. The highest BCUT2D eigenvalue weighted by Crippen LogP contribution is 2.36.